The third-order valence-electron chi connectivity index (χ3n) is 2.08. The average Bonchev–Trinajstić information content (AvgIpc) is 2.42. The van der Waals surface area contributed by atoms with Crippen molar-refractivity contribution in [3.8, 4) is 0 Å². The topological polar surface area (TPSA) is 63.1 Å². The van der Waals surface area contributed by atoms with Crippen LogP contribution in [0, 0.1) is 0 Å². The maximum absolute atomic E-state index is 11.0. The zero-order chi connectivity index (χ0) is 9.42. The van der Waals surface area contributed by atoms with Crippen molar-refractivity contribution >= 4 is 23.7 Å². The minimum Gasteiger partial charge on any atom is -0.361 e. The van der Waals surface area contributed by atoms with Gasteiger partial charge in [-0.2, -0.15) is 0 Å². The quantitative estimate of drug-likeness (QED) is 0.605. The molecule has 2 N–H and O–H groups in total. The number of carbonyl (C=O) groups excluding carboxylic acids is 2. The number of carbonyl (C=O) groups is 2. The molecule has 1 aliphatic heterocycles. The third-order valence-corrected chi connectivity index (χ3v) is 2.08. The van der Waals surface area contributed by atoms with E-state index in [0.717, 1.165) is 12.1 Å². The second-order valence-corrected chi connectivity index (χ2v) is 2.91. The maximum atomic E-state index is 11.0. The van der Waals surface area contributed by atoms with E-state index in [2.05, 4.69) is 10.6 Å². The Morgan fingerprint density at radius 2 is 2.38 bits per heavy atom. The molecule has 2 rings (SSSR count). The zero-order valence-electron chi connectivity index (χ0n) is 7.13. The number of aldehydes is 1. The maximum Gasteiger partial charge on any atom is 0.243 e. The van der Waals surface area contributed by atoms with Gasteiger partial charge in [0.2, 0.25) is 5.91 Å². The first-order chi connectivity index (χ1) is 6.22. The van der Waals surface area contributed by atoms with E-state index in [1.807, 2.05) is 0 Å². The molecular weight excluding hydrogens is 170 g/mol. The minimum absolute atomic E-state index is 0.0875. The lowest BCUT2D eigenvalue weighted by Crippen LogP contribution is -2.27. The number of aromatic nitrogens is 1. The van der Waals surface area contributed by atoms with E-state index in [9.17, 15) is 9.59 Å². The molecule has 68 valence electrons. The molecule has 2 heterocycles. The lowest BCUT2D eigenvalue weighted by Gasteiger charge is -2.16. The van der Waals surface area contributed by atoms with Crippen molar-refractivity contribution in [1.29, 1.82) is 0 Å². The van der Waals surface area contributed by atoms with Gasteiger partial charge in [0.25, 0.3) is 0 Å². The molecule has 5 heteroatoms. The lowest BCUT2D eigenvalue weighted by atomic mass is 10.3. The Labute approximate surface area is 74.7 Å². The van der Waals surface area contributed by atoms with Crippen LogP contribution >= 0.6 is 0 Å². The van der Waals surface area contributed by atoms with Crippen molar-refractivity contribution in [2.75, 3.05) is 17.2 Å². The van der Waals surface area contributed by atoms with Crippen LogP contribution in [0.25, 0.3) is 0 Å². The molecule has 0 unspecified atom stereocenters. The van der Waals surface area contributed by atoms with Gasteiger partial charge < -0.3 is 15.2 Å². The van der Waals surface area contributed by atoms with E-state index in [0.29, 0.717) is 11.4 Å². The first-order valence-corrected chi connectivity index (χ1v) is 3.91. The van der Waals surface area contributed by atoms with E-state index in [1.54, 1.807) is 17.7 Å². The Balaban J connectivity index is 2.50. The van der Waals surface area contributed by atoms with Gasteiger partial charge in [0, 0.05) is 7.05 Å². The van der Waals surface area contributed by atoms with Gasteiger partial charge in [-0.05, 0) is 6.07 Å². The minimum atomic E-state index is -0.0875. The van der Waals surface area contributed by atoms with E-state index >= 15 is 0 Å². The fourth-order valence-electron chi connectivity index (χ4n) is 1.40. The second-order valence-electron chi connectivity index (χ2n) is 2.91. The van der Waals surface area contributed by atoms with E-state index in [-0.39, 0.29) is 12.5 Å². The van der Waals surface area contributed by atoms with Gasteiger partial charge in [0.15, 0.2) is 6.29 Å². The van der Waals surface area contributed by atoms with Crippen molar-refractivity contribution in [2.24, 2.45) is 7.05 Å². The third kappa shape index (κ3) is 1.09. The fourth-order valence-corrected chi connectivity index (χ4v) is 1.40. The Morgan fingerprint density at radius 1 is 1.62 bits per heavy atom. The summed E-state index contributed by atoms with van der Waals surface area (Å²) in [5.41, 5.74) is 1.21. The fraction of sp³-hybridized carbons (Fsp3) is 0.250. The standard InChI is InChI=1S/C8H9N3O2/c1-11-5(4-12)2-6-8(11)9-3-7(13)10-6/h2,4,9H,3H2,1H3,(H,10,13). The van der Waals surface area contributed by atoms with Crippen LogP contribution in [0.15, 0.2) is 6.07 Å². The zero-order valence-corrected chi connectivity index (χ0v) is 7.13. The van der Waals surface area contributed by atoms with E-state index in [4.69, 9.17) is 0 Å². The summed E-state index contributed by atoms with van der Waals surface area (Å²) in [5, 5.41) is 5.60. The van der Waals surface area contributed by atoms with Crippen LogP contribution in [0.2, 0.25) is 0 Å². The highest BCUT2D eigenvalue weighted by molar-refractivity contribution is 6.01. The van der Waals surface area contributed by atoms with Crippen LogP contribution in [0.5, 0.6) is 0 Å². The molecular formula is C8H9N3O2. The molecule has 0 radical (unpaired) electrons. The summed E-state index contributed by atoms with van der Waals surface area (Å²) in [4.78, 5) is 21.5. The molecule has 0 bridgehead atoms. The van der Waals surface area contributed by atoms with Crippen molar-refractivity contribution < 1.29 is 9.59 Å². The molecule has 0 aliphatic carbocycles. The number of anilines is 2. The Morgan fingerprint density at radius 3 is 3.08 bits per heavy atom. The van der Waals surface area contributed by atoms with E-state index in [1.165, 1.54) is 0 Å². The van der Waals surface area contributed by atoms with Gasteiger partial charge in [-0.15, -0.1) is 0 Å². The second kappa shape index (κ2) is 2.62. The predicted octanol–water partition coefficient (Wildman–Crippen LogP) is 0.202. The van der Waals surface area contributed by atoms with Gasteiger partial charge in [-0.3, -0.25) is 9.59 Å². The molecule has 1 aromatic rings. The number of fused-ring (bicyclic) bond motifs is 1. The number of nitrogens with zero attached hydrogens (tertiary/aromatic N) is 1. The molecule has 1 amide bonds. The van der Waals surface area contributed by atoms with Crippen molar-refractivity contribution in [2.45, 2.75) is 0 Å². The Kier molecular flexibility index (Phi) is 1.58. The Bertz CT molecular complexity index is 381. The van der Waals surface area contributed by atoms with Crippen LogP contribution in [-0.4, -0.2) is 23.3 Å². The number of rotatable bonds is 1. The highest BCUT2D eigenvalue weighted by Crippen LogP contribution is 2.27. The summed E-state index contributed by atoms with van der Waals surface area (Å²) in [7, 11) is 1.77. The summed E-state index contributed by atoms with van der Waals surface area (Å²) in [6, 6.07) is 1.65. The van der Waals surface area contributed by atoms with Gasteiger partial charge in [-0.25, -0.2) is 0 Å². The van der Waals surface area contributed by atoms with Crippen LogP contribution in [0.4, 0.5) is 11.5 Å². The first-order valence-electron chi connectivity index (χ1n) is 3.91. The summed E-state index contributed by atoms with van der Waals surface area (Å²) >= 11 is 0. The molecule has 0 aromatic carbocycles. The molecule has 0 atom stereocenters. The summed E-state index contributed by atoms with van der Waals surface area (Å²) in [6.07, 6.45) is 0.756. The summed E-state index contributed by atoms with van der Waals surface area (Å²) < 4.78 is 1.71. The highest BCUT2D eigenvalue weighted by Gasteiger charge is 2.18. The van der Waals surface area contributed by atoms with Crippen LogP contribution in [-0.2, 0) is 11.8 Å². The molecule has 5 nitrogen and oxygen atoms in total. The summed E-state index contributed by atoms with van der Waals surface area (Å²) in [6.45, 7) is 0.253. The molecule has 1 aliphatic rings. The van der Waals surface area contributed by atoms with Gasteiger partial charge in [0.1, 0.15) is 5.82 Å². The number of hydrogen-bond acceptors (Lipinski definition) is 3. The normalized spacial score (nSPS) is 14.4. The monoisotopic (exact) mass is 179 g/mol. The highest BCUT2D eigenvalue weighted by atomic mass is 16.2. The number of nitrogens with one attached hydrogen (secondary N) is 2. The first kappa shape index (κ1) is 7.85. The van der Waals surface area contributed by atoms with Gasteiger partial charge in [-0.1, -0.05) is 0 Å². The number of hydrogen-bond donors (Lipinski definition) is 2. The van der Waals surface area contributed by atoms with Crippen molar-refractivity contribution in [1.82, 2.24) is 4.57 Å². The molecule has 1 aromatic heterocycles. The lowest BCUT2D eigenvalue weighted by molar-refractivity contribution is -0.114. The molecule has 0 saturated heterocycles. The van der Waals surface area contributed by atoms with Gasteiger partial charge >= 0.3 is 0 Å². The molecule has 0 spiro atoms. The smallest absolute Gasteiger partial charge is 0.243 e. The average molecular weight is 179 g/mol. The Hall–Kier alpha value is -1.78. The molecule has 0 saturated carbocycles. The van der Waals surface area contributed by atoms with E-state index < -0.39 is 0 Å². The van der Waals surface area contributed by atoms with Crippen LogP contribution in [0.3, 0.4) is 0 Å². The molecule has 13 heavy (non-hydrogen) atoms. The number of amides is 1. The largest absolute Gasteiger partial charge is 0.361 e. The van der Waals surface area contributed by atoms with Gasteiger partial charge in [0.05, 0.1) is 17.9 Å². The van der Waals surface area contributed by atoms with Crippen molar-refractivity contribution in [3.63, 3.8) is 0 Å². The van der Waals surface area contributed by atoms with Crippen LogP contribution < -0.4 is 10.6 Å². The van der Waals surface area contributed by atoms with Crippen LogP contribution in [0.1, 0.15) is 10.5 Å². The summed E-state index contributed by atoms with van der Waals surface area (Å²) in [5.74, 6) is 0.692. The van der Waals surface area contributed by atoms with Crippen molar-refractivity contribution in [3.05, 3.63) is 11.8 Å². The predicted molar refractivity (Wildman–Crippen MR) is 47.9 cm³/mol. The SMILES string of the molecule is Cn1c(C=O)cc2c1NCC(=O)N2. The molecule has 0 fully saturated rings.